The molecule has 0 fully saturated rings. The second kappa shape index (κ2) is 5.87. The lowest BCUT2D eigenvalue weighted by Crippen LogP contribution is -2.51. The Morgan fingerprint density at radius 1 is 1.48 bits per heavy atom. The van der Waals surface area contributed by atoms with Crippen molar-refractivity contribution in [1.29, 1.82) is 0 Å². The lowest BCUT2D eigenvalue weighted by atomic mass is 9.85. The molecule has 0 saturated carbocycles. The summed E-state index contributed by atoms with van der Waals surface area (Å²) in [5.74, 6) is -1.12. The van der Waals surface area contributed by atoms with Gasteiger partial charge in [0.25, 0.3) is 5.91 Å². The number of carboxylic acids is 1. The minimum Gasteiger partial charge on any atom is -0.481 e. The molecule has 1 atom stereocenters. The molecule has 116 valence electrons. The van der Waals surface area contributed by atoms with Gasteiger partial charge in [0.05, 0.1) is 29.4 Å². The van der Waals surface area contributed by atoms with E-state index in [9.17, 15) is 9.59 Å². The van der Waals surface area contributed by atoms with Crippen LogP contribution in [0.5, 0.6) is 0 Å². The zero-order valence-corrected chi connectivity index (χ0v) is 12.8. The summed E-state index contributed by atoms with van der Waals surface area (Å²) in [4.78, 5) is 23.6. The van der Waals surface area contributed by atoms with E-state index in [0.29, 0.717) is 5.56 Å². The van der Waals surface area contributed by atoms with E-state index in [1.165, 1.54) is 0 Å². The van der Waals surface area contributed by atoms with E-state index in [1.54, 1.807) is 13.1 Å². The predicted molar refractivity (Wildman–Crippen MR) is 78.1 cm³/mol. The highest BCUT2D eigenvalue weighted by Crippen LogP contribution is 2.23. The van der Waals surface area contributed by atoms with Crippen molar-refractivity contribution >= 4 is 11.9 Å². The van der Waals surface area contributed by atoms with Crippen LogP contribution in [-0.4, -0.2) is 32.3 Å². The number of nitrogens with zero attached hydrogens (tertiary/aromatic N) is 2. The Morgan fingerprint density at radius 3 is 2.81 bits per heavy atom. The summed E-state index contributed by atoms with van der Waals surface area (Å²) in [6.45, 7) is 6.45. The molecule has 6 nitrogen and oxygen atoms in total. The Morgan fingerprint density at radius 2 is 2.19 bits per heavy atom. The SMILES string of the molecule is CC(C)C(C)(CC(=O)O)NC(=O)c1cnn2c1CCCC2. The van der Waals surface area contributed by atoms with E-state index in [1.807, 2.05) is 18.5 Å². The van der Waals surface area contributed by atoms with Crippen LogP contribution in [0.3, 0.4) is 0 Å². The molecule has 1 unspecified atom stereocenters. The standard InChI is InChI=1S/C15H23N3O3/c1-10(2)15(3,8-13(19)20)17-14(21)11-9-16-18-7-5-4-6-12(11)18/h9-10H,4-8H2,1-3H3,(H,17,21)(H,19,20). The highest BCUT2D eigenvalue weighted by molar-refractivity contribution is 5.96. The third-order valence-electron chi connectivity index (χ3n) is 4.42. The average molecular weight is 293 g/mol. The molecule has 2 heterocycles. The molecule has 0 spiro atoms. The fourth-order valence-electron chi connectivity index (χ4n) is 2.64. The van der Waals surface area contributed by atoms with E-state index >= 15 is 0 Å². The Kier molecular flexibility index (Phi) is 4.34. The van der Waals surface area contributed by atoms with Crippen LogP contribution in [0.15, 0.2) is 6.20 Å². The Balaban J connectivity index is 2.19. The van der Waals surface area contributed by atoms with Crippen LogP contribution in [0.1, 0.15) is 56.1 Å². The summed E-state index contributed by atoms with van der Waals surface area (Å²) in [7, 11) is 0. The molecule has 0 saturated heterocycles. The Bertz CT molecular complexity index is 550. The van der Waals surface area contributed by atoms with Crippen LogP contribution in [0, 0.1) is 5.92 Å². The van der Waals surface area contributed by atoms with Gasteiger partial charge in [0.1, 0.15) is 0 Å². The average Bonchev–Trinajstić information content (AvgIpc) is 2.81. The third kappa shape index (κ3) is 3.25. The predicted octanol–water partition coefficient (Wildman–Crippen LogP) is 1.84. The molecule has 1 aromatic rings. The third-order valence-corrected chi connectivity index (χ3v) is 4.42. The van der Waals surface area contributed by atoms with Gasteiger partial charge in [0, 0.05) is 6.54 Å². The van der Waals surface area contributed by atoms with Crippen molar-refractivity contribution in [2.24, 2.45) is 5.92 Å². The maximum absolute atomic E-state index is 12.5. The van der Waals surface area contributed by atoms with Crippen molar-refractivity contribution in [3.8, 4) is 0 Å². The molecule has 0 aliphatic carbocycles. The quantitative estimate of drug-likeness (QED) is 0.867. The van der Waals surface area contributed by atoms with Crippen LogP contribution in [-0.2, 0) is 17.8 Å². The first-order valence-electron chi connectivity index (χ1n) is 7.42. The van der Waals surface area contributed by atoms with Gasteiger partial charge >= 0.3 is 5.97 Å². The summed E-state index contributed by atoms with van der Waals surface area (Å²) in [6, 6.07) is 0. The number of hydrogen-bond donors (Lipinski definition) is 2. The molecule has 0 radical (unpaired) electrons. The summed E-state index contributed by atoms with van der Waals surface area (Å²) >= 11 is 0. The molecule has 1 aliphatic rings. The molecule has 21 heavy (non-hydrogen) atoms. The number of carbonyl (C=O) groups excluding carboxylic acids is 1. The smallest absolute Gasteiger partial charge is 0.305 e. The minimum atomic E-state index is -0.913. The number of aromatic nitrogens is 2. The zero-order chi connectivity index (χ0) is 15.6. The molecular formula is C15H23N3O3. The van der Waals surface area contributed by atoms with Crippen LogP contribution in [0.4, 0.5) is 0 Å². The zero-order valence-electron chi connectivity index (χ0n) is 12.8. The van der Waals surface area contributed by atoms with Crippen LogP contribution in [0.2, 0.25) is 0 Å². The summed E-state index contributed by atoms with van der Waals surface area (Å²) in [5, 5.41) is 16.2. The van der Waals surface area contributed by atoms with Gasteiger partial charge in [-0.3, -0.25) is 14.3 Å². The lowest BCUT2D eigenvalue weighted by Gasteiger charge is -2.33. The number of rotatable bonds is 5. The fraction of sp³-hybridized carbons (Fsp3) is 0.667. The molecule has 2 rings (SSSR count). The molecule has 0 aromatic carbocycles. The highest BCUT2D eigenvalue weighted by atomic mass is 16.4. The monoisotopic (exact) mass is 293 g/mol. The molecule has 6 heteroatoms. The van der Waals surface area contributed by atoms with E-state index in [2.05, 4.69) is 10.4 Å². The van der Waals surface area contributed by atoms with E-state index < -0.39 is 11.5 Å². The van der Waals surface area contributed by atoms with Gasteiger partial charge in [0.15, 0.2) is 0 Å². The molecule has 1 amide bonds. The summed E-state index contributed by atoms with van der Waals surface area (Å²) in [5.41, 5.74) is 0.763. The highest BCUT2D eigenvalue weighted by Gasteiger charge is 2.34. The van der Waals surface area contributed by atoms with Crippen molar-refractivity contribution in [3.63, 3.8) is 0 Å². The lowest BCUT2D eigenvalue weighted by molar-refractivity contribution is -0.138. The van der Waals surface area contributed by atoms with Gasteiger partial charge in [-0.2, -0.15) is 5.10 Å². The molecule has 1 aromatic heterocycles. The van der Waals surface area contributed by atoms with Gasteiger partial charge in [-0.25, -0.2) is 0 Å². The van der Waals surface area contributed by atoms with E-state index in [4.69, 9.17) is 5.11 Å². The first-order chi connectivity index (χ1) is 9.83. The first kappa shape index (κ1) is 15.5. The number of nitrogens with one attached hydrogen (secondary N) is 1. The number of amides is 1. The van der Waals surface area contributed by atoms with Gasteiger partial charge in [-0.1, -0.05) is 13.8 Å². The van der Waals surface area contributed by atoms with Crippen LogP contribution < -0.4 is 5.32 Å². The normalized spacial score (nSPS) is 17.1. The van der Waals surface area contributed by atoms with Crippen molar-refractivity contribution in [1.82, 2.24) is 15.1 Å². The second-order valence-electron chi connectivity index (χ2n) is 6.28. The minimum absolute atomic E-state index is 0.0175. The van der Waals surface area contributed by atoms with Crippen molar-refractivity contribution in [2.45, 2.75) is 58.5 Å². The van der Waals surface area contributed by atoms with Crippen LogP contribution in [0.25, 0.3) is 0 Å². The van der Waals surface area contributed by atoms with Gasteiger partial charge < -0.3 is 10.4 Å². The molecule has 2 N–H and O–H groups in total. The summed E-state index contributed by atoms with van der Waals surface area (Å²) in [6.07, 6.45) is 4.48. The van der Waals surface area contributed by atoms with Gasteiger partial charge in [0.2, 0.25) is 0 Å². The molecule has 1 aliphatic heterocycles. The number of carbonyl (C=O) groups is 2. The second-order valence-corrected chi connectivity index (χ2v) is 6.28. The van der Waals surface area contributed by atoms with E-state index in [0.717, 1.165) is 31.5 Å². The number of aliphatic carboxylic acids is 1. The summed E-state index contributed by atoms with van der Waals surface area (Å²) < 4.78 is 1.88. The first-order valence-corrected chi connectivity index (χ1v) is 7.42. The Hall–Kier alpha value is -1.85. The van der Waals surface area contributed by atoms with Crippen LogP contribution >= 0.6 is 0 Å². The van der Waals surface area contributed by atoms with Crippen molar-refractivity contribution < 1.29 is 14.7 Å². The maximum atomic E-state index is 12.5. The Labute approximate surface area is 124 Å². The van der Waals surface area contributed by atoms with Gasteiger partial charge in [-0.15, -0.1) is 0 Å². The molecular weight excluding hydrogens is 270 g/mol. The number of hydrogen-bond acceptors (Lipinski definition) is 3. The maximum Gasteiger partial charge on any atom is 0.305 e. The number of aryl methyl sites for hydroxylation is 1. The largest absolute Gasteiger partial charge is 0.481 e. The topological polar surface area (TPSA) is 84.2 Å². The fourth-order valence-corrected chi connectivity index (χ4v) is 2.64. The number of fused-ring (bicyclic) bond motifs is 1. The van der Waals surface area contributed by atoms with Crippen molar-refractivity contribution in [3.05, 3.63) is 17.5 Å². The number of carboxylic acid groups (broad SMARTS) is 1. The van der Waals surface area contributed by atoms with E-state index in [-0.39, 0.29) is 18.2 Å². The molecule has 0 bridgehead atoms. The van der Waals surface area contributed by atoms with Gasteiger partial charge in [-0.05, 0) is 32.1 Å². The van der Waals surface area contributed by atoms with Crippen molar-refractivity contribution in [2.75, 3.05) is 0 Å².